The summed E-state index contributed by atoms with van der Waals surface area (Å²) < 4.78 is 0. The Morgan fingerprint density at radius 2 is 1.81 bits per heavy atom. The highest BCUT2D eigenvalue weighted by molar-refractivity contribution is 5.86. The van der Waals surface area contributed by atoms with Crippen LogP contribution < -0.4 is 5.56 Å². The number of hydrogen-bond acceptors (Lipinski definition) is 2. The van der Waals surface area contributed by atoms with Gasteiger partial charge in [-0.15, -0.1) is 0 Å². The molecule has 1 heterocycles. The van der Waals surface area contributed by atoms with E-state index in [2.05, 4.69) is 4.98 Å². The van der Waals surface area contributed by atoms with Gasteiger partial charge in [-0.1, -0.05) is 25.5 Å². The first kappa shape index (κ1) is 12.3. The maximum absolute atomic E-state index is 11.3. The van der Waals surface area contributed by atoms with Gasteiger partial charge in [-0.2, -0.15) is 0 Å². The Balaban J connectivity index is 0.000000606. The second kappa shape index (κ2) is 4.84. The van der Waals surface area contributed by atoms with Gasteiger partial charge in [0.25, 0.3) is 5.56 Å². The normalized spacial score (nSPS) is 9.75. The highest BCUT2D eigenvalue weighted by atomic mass is 16.3. The van der Waals surface area contributed by atoms with Crippen molar-refractivity contribution >= 4 is 10.9 Å². The van der Waals surface area contributed by atoms with Gasteiger partial charge >= 0.3 is 0 Å². The molecule has 3 heteroatoms. The summed E-state index contributed by atoms with van der Waals surface area (Å²) >= 11 is 0. The third kappa shape index (κ3) is 2.08. The largest absolute Gasteiger partial charge is 0.507 e. The molecule has 0 atom stereocenters. The van der Waals surface area contributed by atoms with Gasteiger partial charge in [-0.25, -0.2) is 0 Å². The number of aromatic hydroxyl groups is 1. The fourth-order valence-electron chi connectivity index (χ4n) is 1.49. The third-order valence-corrected chi connectivity index (χ3v) is 2.37. The Kier molecular flexibility index (Phi) is 3.72. The van der Waals surface area contributed by atoms with Gasteiger partial charge < -0.3 is 10.1 Å². The molecule has 3 nitrogen and oxygen atoms in total. The predicted molar refractivity (Wildman–Crippen MR) is 67.1 cm³/mol. The molecule has 2 N–H and O–H groups in total. The van der Waals surface area contributed by atoms with Crippen LogP contribution in [0.3, 0.4) is 0 Å². The van der Waals surface area contributed by atoms with Gasteiger partial charge in [0.05, 0.1) is 11.1 Å². The van der Waals surface area contributed by atoms with E-state index >= 15 is 0 Å². The summed E-state index contributed by atoms with van der Waals surface area (Å²) in [5.74, 6) is 0.0763. The number of fused-ring (bicyclic) bond motifs is 1. The molecule has 0 saturated carbocycles. The highest BCUT2D eigenvalue weighted by Crippen LogP contribution is 2.24. The van der Waals surface area contributed by atoms with E-state index < -0.39 is 0 Å². The molecule has 2 rings (SSSR count). The van der Waals surface area contributed by atoms with Gasteiger partial charge in [-0.05, 0) is 26.0 Å². The molecule has 86 valence electrons. The van der Waals surface area contributed by atoms with E-state index in [0.29, 0.717) is 16.5 Å². The number of hydrogen-bond donors (Lipinski definition) is 2. The van der Waals surface area contributed by atoms with Crippen LogP contribution >= 0.6 is 0 Å². The van der Waals surface area contributed by atoms with Crippen LogP contribution in [-0.2, 0) is 0 Å². The number of benzene rings is 1. The molecule has 16 heavy (non-hydrogen) atoms. The fraction of sp³-hybridized carbons (Fsp3) is 0.308. The van der Waals surface area contributed by atoms with E-state index in [-0.39, 0.29) is 11.3 Å². The van der Waals surface area contributed by atoms with Crippen LogP contribution in [0.4, 0.5) is 0 Å². The molecular formula is C13H17NO2. The molecule has 1 aromatic carbocycles. The first-order valence-electron chi connectivity index (χ1n) is 5.42. The first-order valence-corrected chi connectivity index (χ1v) is 5.42. The van der Waals surface area contributed by atoms with Gasteiger partial charge in [0.1, 0.15) is 5.75 Å². The molecule has 0 saturated heterocycles. The fourth-order valence-corrected chi connectivity index (χ4v) is 1.49. The summed E-state index contributed by atoms with van der Waals surface area (Å²) in [6.45, 7) is 7.55. The maximum Gasteiger partial charge on any atom is 0.255 e. The summed E-state index contributed by atoms with van der Waals surface area (Å²) in [5, 5.41) is 10.4. The first-order chi connectivity index (χ1) is 7.59. The Labute approximate surface area is 94.8 Å². The quantitative estimate of drug-likeness (QED) is 0.715. The lowest BCUT2D eigenvalue weighted by atomic mass is 10.1. The molecule has 0 spiro atoms. The minimum Gasteiger partial charge on any atom is -0.507 e. The van der Waals surface area contributed by atoms with Gasteiger partial charge in [0.15, 0.2) is 0 Å². The van der Waals surface area contributed by atoms with E-state index in [1.54, 1.807) is 13.0 Å². The zero-order chi connectivity index (χ0) is 12.3. The summed E-state index contributed by atoms with van der Waals surface area (Å²) in [4.78, 5) is 14.0. The average Bonchev–Trinajstić information content (AvgIpc) is 2.30. The second-order valence-electron chi connectivity index (χ2n) is 3.48. The minimum absolute atomic E-state index is 0.0763. The molecule has 0 fully saturated rings. The number of nitrogens with one attached hydrogen (secondary N) is 1. The van der Waals surface area contributed by atoms with Crippen molar-refractivity contribution in [2.45, 2.75) is 27.7 Å². The number of H-pyrrole nitrogens is 1. The highest BCUT2D eigenvalue weighted by Gasteiger charge is 2.06. The van der Waals surface area contributed by atoms with Crippen LogP contribution in [0.15, 0.2) is 23.0 Å². The topological polar surface area (TPSA) is 53.1 Å². The monoisotopic (exact) mass is 219 g/mol. The predicted octanol–water partition coefficient (Wildman–Crippen LogP) is 2.88. The van der Waals surface area contributed by atoms with Crippen LogP contribution in [0.25, 0.3) is 10.9 Å². The number of aromatic amines is 1. The lowest BCUT2D eigenvalue weighted by molar-refractivity contribution is 0.476. The van der Waals surface area contributed by atoms with E-state index in [1.807, 2.05) is 32.9 Å². The lowest BCUT2D eigenvalue weighted by Gasteiger charge is -2.04. The van der Waals surface area contributed by atoms with Gasteiger partial charge in [0, 0.05) is 5.39 Å². The Morgan fingerprint density at radius 3 is 2.44 bits per heavy atom. The van der Waals surface area contributed by atoms with Crippen molar-refractivity contribution in [2.24, 2.45) is 0 Å². The van der Waals surface area contributed by atoms with Gasteiger partial charge in [0.2, 0.25) is 0 Å². The standard InChI is InChI=1S/C11H11NO2.C2H6/c1-6-3-4-9-8(5-6)10(13)7(2)11(14)12-9;1-2/h3-5H,1-2H3,(H2,12,13,14);1-2H3. The SMILES string of the molecule is CC.Cc1ccc2[nH]c(=O)c(C)c(O)c2c1. The molecule has 0 aliphatic heterocycles. The summed E-state index contributed by atoms with van der Waals surface area (Å²) in [6, 6.07) is 5.55. The van der Waals surface area contributed by atoms with E-state index in [0.717, 1.165) is 5.56 Å². The lowest BCUT2D eigenvalue weighted by Crippen LogP contribution is -2.09. The molecule has 0 aliphatic carbocycles. The molecule has 2 aromatic rings. The Hall–Kier alpha value is -1.77. The van der Waals surface area contributed by atoms with Crippen LogP contribution in [0.5, 0.6) is 5.75 Å². The average molecular weight is 219 g/mol. The zero-order valence-electron chi connectivity index (χ0n) is 10.1. The number of aryl methyl sites for hydroxylation is 1. The van der Waals surface area contributed by atoms with E-state index in [4.69, 9.17) is 0 Å². The molecular weight excluding hydrogens is 202 g/mol. The minimum atomic E-state index is -0.237. The van der Waals surface area contributed by atoms with Crippen molar-refractivity contribution < 1.29 is 5.11 Å². The van der Waals surface area contributed by atoms with Crippen LogP contribution in [-0.4, -0.2) is 10.1 Å². The zero-order valence-corrected chi connectivity index (χ0v) is 10.1. The molecule has 0 amide bonds. The maximum atomic E-state index is 11.3. The number of pyridine rings is 1. The van der Waals surface area contributed by atoms with Crippen molar-refractivity contribution in [2.75, 3.05) is 0 Å². The second-order valence-corrected chi connectivity index (χ2v) is 3.48. The number of aromatic nitrogens is 1. The number of rotatable bonds is 0. The molecule has 0 aliphatic rings. The van der Waals surface area contributed by atoms with Crippen molar-refractivity contribution in [3.05, 3.63) is 39.7 Å². The molecule has 0 bridgehead atoms. The third-order valence-electron chi connectivity index (χ3n) is 2.37. The Morgan fingerprint density at radius 1 is 1.19 bits per heavy atom. The van der Waals surface area contributed by atoms with Crippen LogP contribution in [0.2, 0.25) is 0 Å². The summed E-state index contributed by atoms with van der Waals surface area (Å²) in [5.41, 5.74) is 1.85. The van der Waals surface area contributed by atoms with Crippen molar-refractivity contribution in [3.63, 3.8) is 0 Å². The van der Waals surface area contributed by atoms with Crippen molar-refractivity contribution in [1.29, 1.82) is 0 Å². The smallest absolute Gasteiger partial charge is 0.255 e. The molecule has 0 radical (unpaired) electrons. The van der Waals surface area contributed by atoms with E-state index in [1.165, 1.54) is 0 Å². The van der Waals surface area contributed by atoms with Crippen LogP contribution in [0.1, 0.15) is 25.0 Å². The molecule has 0 unspecified atom stereocenters. The van der Waals surface area contributed by atoms with Gasteiger partial charge in [-0.3, -0.25) is 4.79 Å². The Bertz CT molecular complexity index is 556. The summed E-state index contributed by atoms with van der Waals surface area (Å²) in [6.07, 6.45) is 0. The van der Waals surface area contributed by atoms with Crippen molar-refractivity contribution in [1.82, 2.24) is 4.98 Å². The van der Waals surface area contributed by atoms with Crippen molar-refractivity contribution in [3.8, 4) is 5.75 Å². The molecule has 1 aromatic heterocycles. The summed E-state index contributed by atoms with van der Waals surface area (Å²) in [7, 11) is 0. The van der Waals surface area contributed by atoms with E-state index in [9.17, 15) is 9.90 Å². The van der Waals surface area contributed by atoms with Crippen LogP contribution in [0, 0.1) is 13.8 Å².